The van der Waals surface area contributed by atoms with Crippen molar-refractivity contribution in [3.8, 4) is 0 Å². The number of hydrogen-bond acceptors (Lipinski definition) is 4. The maximum absolute atomic E-state index is 10.9. The topological polar surface area (TPSA) is 92.7 Å². The molecule has 15 heavy (non-hydrogen) atoms. The number of carbonyl (C=O) groups excluding carboxylic acids is 2. The number of aliphatic carboxylic acids is 1. The molecule has 0 atom stereocenters. The number of esters is 1. The van der Waals surface area contributed by atoms with E-state index >= 15 is 0 Å². The van der Waals surface area contributed by atoms with Crippen LogP contribution in [0.25, 0.3) is 0 Å². The van der Waals surface area contributed by atoms with Gasteiger partial charge < -0.3 is 15.2 Å². The van der Waals surface area contributed by atoms with E-state index in [-0.39, 0.29) is 19.4 Å². The average Bonchev–Trinajstić information content (AvgIpc) is 2.20. The lowest BCUT2D eigenvalue weighted by molar-refractivity contribution is -0.144. The maximum Gasteiger partial charge on any atom is 0.325 e. The smallest absolute Gasteiger partial charge is 0.325 e. The highest BCUT2D eigenvalue weighted by Crippen LogP contribution is 1.88. The molecule has 86 valence electrons. The minimum atomic E-state index is -1.04. The number of nitrogens with one attached hydrogen (secondary N) is 1. The van der Waals surface area contributed by atoms with E-state index in [0.29, 0.717) is 6.61 Å². The Labute approximate surface area is 87.6 Å². The second-order valence-electron chi connectivity index (χ2n) is 2.89. The number of ether oxygens (including phenoxy) is 1. The van der Waals surface area contributed by atoms with E-state index in [1.165, 1.54) is 0 Å². The fraction of sp³-hybridized carbons (Fsp3) is 0.667. The molecule has 0 aliphatic rings. The molecule has 1 amide bonds. The number of carboxylic acid groups (broad SMARTS) is 1. The van der Waals surface area contributed by atoms with Gasteiger partial charge in [-0.25, -0.2) is 0 Å². The molecule has 6 nitrogen and oxygen atoms in total. The molecule has 0 aromatic rings. The van der Waals surface area contributed by atoms with E-state index in [4.69, 9.17) is 9.84 Å². The number of hydrogen-bond donors (Lipinski definition) is 2. The summed E-state index contributed by atoms with van der Waals surface area (Å²) in [5.41, 5.74) is 0. The first kappa shape index (κ1) is 13.4. The van der Waals surface area contributed by atoms with Crippen LogP contribution in [0.2, 0.25) is 0 Å². The molecule has 0 rings (SSSR count). The van der Waals surface area contributed by atoms with Crippen LogP contribution in [0.1, 0.15) is 26.2 Å². The minimum Gasteiger partial charge on any atom is -0.481 e. The van der Waals surface area contributed by atoms with Crippen LogP contribution in [-0.4, -0.2) is 36.1 Å². The summed E-state index contributed by atoms with van der Waals surface area (Å²) in [5.74, 6) is -2.02. The van der Waals surface area contributed by atoms with E-state index in [1.807, 2.05) is 6.92 Å². The number of amides is 1. The lowest BCUT2D eigenvalue weighted by Gasteiger charge is -2.04. The third kappa shape index (κ3) is 8.73. The van der Waals surface area contributed by atoms with Gasteiger partial charge in [-0.3, -0.25) is 14.4 Å². The van der Waals surface area contributed by atoms with E-state index in [2.05, 4.69) is 5.32 Å². The summed E-state index contributed by atoms with van der Waals surface area (Å²) >= 11 is 0. The predicted octanol–water partition coefficient (Wildman–Crippen LogP) is -0.0794. The molecule has 6 heteroatoms. The summed E-state index contributed by atoms with van der Waals surface area (Å²) in [5, 5.41) is 10.6. The summed E-state index contributed by atoms with van der Waals surface area (Å²) in [7, 11) is 0. The van der Waals surface area contributed by atoms with Crippen LogP contribution in [0.4, 0.5) is 0 Å². The van der Waals surface area contributed by atoms with Crippen molar-refractivity contribution < 1.29 is 24.2 Å². The fourth-order valence-electron chi connectivity index (χ4n) is 0.747. The zero-order chi connectivity index (χ0) is 11.7. The molecule has 0 aliphatic carbocycles. The lowest BCUT2D eigenvalue weighted by Crippen LogP contribution is -2.30. The third-order valence-corrected chi connectivity index (χ3v) is 1.46. The van der Waals surface area contributed by atoms with Gasteiger partial charge >= 0.3 is 11.9 Å². The first-order valence-electron chi connectivity index (χ1n) is 4.70. The van der Waals surface area contributed by atoms with E-state index in [0.717, 1.165) is 6.42 Å². The summed E-state index contributed by atoms with van der Waals surface area (Å²) in [4.78, 5) is 31.9. The van der Waals surface area contributed by atoms with Crippen LogP contribution >= 0.6 is 0 Å². The number of rotatable bonds is 7. The van der Waals surface area contributed by atoms with Gasteiger partial charge in [-0.15, -0.1) is 0 Å². The Morgan fingerprint density at radius 1 is 1.27 bits per heavy atom. The van der Waals surface area contributed by atoms with Crippen molar-refractivity contribution in [2.45, 2.75) is 26.2 Å². The molecule has 0 aromatic heterocycles. The van der Waals surface area contributed by atoms with Crippen LogP contribution in [0.5, 0.6) is 0 Å². The van der Waals surface area contributed by atoms with Gasteiger partial charge in [-0.2, -0.15) is 0 Å². The number of carboxylic acids is 1. The van der Waals surface area contributed by atoms with Gasteiger partial charge in [0.05, 0.1) is 13.0 Å². The van der Waals surface area contributed by atoms with Crippen molar-refractivity contribution in [3.63, 3.8) is 0 Å². The zero-order valence-electron chi connectivity index (χ0n) is 8.62. The first-order chi connectivity index (χ1) is 7.06. The van der Waals surface area contributed by atoms with Gasteiger partial charge in [0.2, 0.25) is 5.91 Å². The van der Waals surface area contributed by atoms with E-state index in [9.17, 15) is 14.4 Å². The van der Waals surface area contributed by atoms with Gasteiger partial charge in [0.25, 0.3) is 0 Å². The standard InChI is InChI=1S/C9H15NO5/c1-2-5-15-9(14)6-10-7(11)3-4-8(12)13/h2-6H2,1H3,(H,10,11)(H,12,13). The summed E-state index contributed by atoms with van der Waals surface area (Å²) in [6.45, 7) is 1.97. The summed E-state index contributed by atoms with van der Waals surface area (Å²) in [6, 6.07) is 0. The SMILES string of the molecule is CCCOC(=O)CNC(=O)CCC(=O)O. The zero-order valence-corrected chi connectivity index (χ0v) is 8.62. The predicted molar refractivity (Wildman–Crippen MR) is 51.1 cm³/mol. The Kier molecular flexibility index (Phi) is 6.96. The Balaban J connectivity index is 3.53. The van der Waals surface area contributed by atoms with Gasteiger partial charge in [0.1, 0.15) is 6.54 Å². The maximum atomic E-state index is 10.9. The number of carbonyl (C=O) groups is 3. The first-order valence-corrected chi connectivity index (χ1v) is 4.70. The van der Waals surface area contributed by atoms with Crippen LogP contribution in [0.3, 0.4) is 0 Å². The molecule has 0 aliphatic heterocycles. The molecule has 0 bridgehead atoms. The Hall–Kier alpha value is -1.59. The van der Waals surface area contributed by atoms with Crippen LogP contribution in [-0.2, 0) is 19.1 Å². The molecule has 0 heterocycles. The van der Waals surface area contributed by atoms with Crippen LogP contribution < -0.4 is 5.32 Å². The Bertz CT molecular complexity index is 239. The largest absolute Gasteiger partial charge is 0.481 e. The minimum absolute atomic E-state index is 0.129. The van der Waals surface area contributed by atoms with E-state index in [1.54, 1.807) is 0 Å². The lowest BCUT2D eigenvalue weighted by atomic mass is 10.3. The highest BCUT2D eigenvalue weighted by molar-refractivity contribution is 5.84. The molecule has 2 N–H and O–H groups in total. The van der Waals surface area contributed by atoms with Gasteiger partial charge in [-0.05, 0) is 6.42 Å². The van der Waals surface area contributed by atoms with Crippen molar-refractivity contribution in [2.75, 3.05) is 13.2 Å². The van der Waals surface area contributed by atoms with Crippen molar-refractivity contribution >= 4 is 17.8 Å². The second kappa shape index (κ2) is 7.78. The van der Waals surface area contributed by atoms with Crippen molar-refractivity contribution in [3.05, 3.63) is 0 Å². The quantitative estimate of drug-likeness (QED) is 0.582. The highest BCUT2D eigenvalue weighted by Gasteiger charge is 2.07. The molecule has 0 fully saturated rings. The van der Waals surface area contributed by atoms with Crippen molar-refractivity contribution in [2.24, 2.45) is 0 Å². The highest BCUT2D eigenvalue weighted by atomic mass is 16.5. The molecule has 0 unspecified atom stereocenters. The second-order valence-corrected chi connectivity index (χ2v) is 2.89. The van der Waals surface area contributed by atoms with Gasteiger partial charge in [-0.1, -0.05) is 6.92 Å². The van der Waals surface area contributed by atoms with E-state index < -0.39 is 17.8 Å². The Morgan fingerprint density at radius 3 is 2.47 bits per heavy atom. The van der Waals surface area contributed by atoms with Crippen molar-refractivity contribution in [1.29, 1.82) is 0 Å². The monoisotopic (exact) mass is 217 g/mol. The van der Waals surface area contributed by atoms with Crippen LogP contribution in [0.15, 0.2) is 0 Å². The molecular formula is C9H15NO5. The Morgan fingerprint density at radius 2 is 1.93 bits per heavy atom. The normalized spacial score (nSPS) is 9.40. The van der Waals surface area contributed by atoms with Crippen LogP contribution in [0, 0.1) is 0 Å². The fourth-order valence-corrected chi connectivity index (χ4v) is 0.747. The molecule has 0 saturated heterocycles. The third-order valence-electron chi connectivity index (χ3n) is 1.46. The summed E-state index contributed by atoms with van der Waals surface area (Å²) < 4.78 is 4.70. The summed E-state index contributed by atoms with van der Waals surface area (Å²) in [6.07, 6.45) is 0.352. The molecule has 0 saturated carbocycles. The average molecular weight is 217 g/mol. The molecule has 0 aromatic carbocycles. The van der Waals surface area contributed by atoms with Gasteiger partial charge in [0, 0.05) is 6.42 Å². The molecule has 0 radical (unpaired) electrons. The molecule has 0 spiro atoms. The molecular weight excluding hydrogens is 202 g/mol. The van der Waals surface area contributed by atoms with Gasteiger partial charge in [0.15, 0.2) is 0 Å². The van der Waals surface area contributed by atoms with Crippen molar-refractivity contribution in [1.82, 2.24) is 5.32 Å².